The molecule has 0 spiro atoms. The van der Waals surface area contributed by atoms with Crippen LogP contribution in [0.5, 0.6) is 11.5 Å². The van der Waals surface area contributed by atoms with Crippen molar-refractivity contribution in [1.82, 2.24) is 14.8 Å². The fourth-order valence-electron chi connectivity index (χ4n) is 4.31. The van der Waals surface area contributed by atoms with Gasteiger partial charge in [-0.2, -0.15) is 0 Å². The number of hydrogen-bond donors (Lipinski definition) is 0. The lowest BCUT2D eigenvalue weighted by atomic mass is 10.0. The largest absolute Gasteiger partial charge is 0.490 e. The molecule has 0 N–H and O–H groups in total. The van der Waals surface area contributed by atoms with Crippen molar-refractivity contribution in [1.29, 1.82) is 0 Å². The van der Waals surface area contributed by atoms with E-state index >= 15 is 0 Å². The molecule has 0 aliphatic carbocycles. The first-order valence-electron chi connectivity index (χ1n) is 11.1. The van der Waals surface area contributed by atoms with E-state index in [1.807, 2.05) is 61.5 Å². The van der Waals surface area contributed by atoms with E-state index in [9.17, 15) is 4.79 Å². The standard InChI is InChI=1S/C25H31N3O3/c1-3-30-23-9-6-7-19-17-20(18-31-24(19)23)25(29)27(2)22-11-15-28(16-12-22)14-10-21-8-4-5-13-26-21/h4-9,13,17,22H,3,10-12,14-16,18H2,1-2H3. The van der Waals surface area contributed by atoms with E-state index in [2.05, 4.69) is 16.0 Å². The van der Waals surface area contributed by atoms with Gasteiger partial charge in [-0.05, 0) is 44.0 Å². The van der Waals surface area contributed by atoms with Crippen LogP contribution < -0.4 is 9.47 Å². The molecule has 6 heteroatoms. The van der Waals surface area contributed by atoms with Gasteiger partial charge in [0.2, 0.25) is 0 Å². The van der Waals surface area contributed by atoms with Gasteiger partial charge in [0.25, 0.3) is 5.91 Å². The number of rotatable bonds is 7. The normalized spacial score (nSPS) is 16.8. The highest BCUT2D eigenvalue weighted by atomic mass is 16.5. The number of piperidine rings is 1. The monoisotopic (exact) mass is 421 g/mol. The number of para-hydroxylation sites is 1. The molecule has 0 saturated carbocycles. The fourth-order valence-corrected chi connectivity index (χ4v) is 4.31. The third kappa shape index (κ3) is 5.07. The Hall–Kier alpha value is -2.86. The molecular weight excluding hydrogens is 390 g/mol. The summed E-state index contributed by atoms with van der Waals surface area (Å²) in [6.45, 7) is 5.84. The lowest BCUT2D eigenvalue weighted by Gasteiger charge is -2.37. The number of ether oxygens (including phenoxy) is 2. The summed E-state index contributed by atoms with van der Waals surface area (Å²) in [5, 5.41) is 0. The summed E-state index contributed by atoms with van der Waals surface area (Å²) < 4.78 is 11.6. The fraction of sp³-hybridized carbons (Fsp3) is 0.440. The number of amides is 1. The molecule has 3 heterocycles. The second-order valence-corrected chi connectivity index (χ2v) is 8.13. The molecule has 1 amide bonds. The van der Waals surface area contributed by atoms with E-state index in [1.54, 1.807) is 0 Å². The number of pyridine rings is 1. The third-order valence-corrected chi connectivity index (χ3v) is 6.12. The summed E-state index contributed by atoms with van der Waals surface area (Å²) in [6, 6.07) is 12.1. The Bertz CT molecular complexity index is 921. The molecule has 1 fully saturated rings. The quantitative estimate of drug-likeness (QED) is 0.686. The van der Waals surface area contributed by atoms with Crippen molar-refractivity contribution in [3.8, 4) is 11.5 Å². The topological polar surface area (TPSA) is 54.9 Å². The molecule has 2 aliphatic heterocycles. The molecule has 164 valence electrons. The Balaban J connectivity index is 1.32. The number of aromatic nitrogens is 1. The highest BCUT2D eigenvalue weighted by Gasteiger charge is 2.29. The lowest BCUT2D eigenvalue weighted by Crippen LogP contribution is -2.46. The van der Waals surface area contributed by atoms with Crippen LogP contribution in [0.25, 0.3) is 6.08 Å². The highest BCUT2D eigenvalue weighted by molar-refractivity contribution is 5.99. The van der Waals surface area contributed by atoms with E-state index < -0.39 is 0 Å². The van der Waals surface area contributed by atoms with Crippen LogP contribution >= 0.6 is 0 Å². The molecule has 0 radical (unpaired) electrons. The average Bonchev–Trinajstić information content (AvgIpc) is 2.83. The van der Waals surface area contributed by atoms with Crippen LogP contribution in [0.3, 0.4) is 0 Å². The molecule has 6 nitrogen and oxygen atoms in total. The molecule has 1 aromatic carbocycles. The summed E-state index contributed by atoms with van der Waals surface area (Å²) in [7, 11) is 1.92. The molecular formula is C25H31N3O3. The van der Waals surface area contributed by atoms with Gasteiger partial charge >= 0.3 is 0 Å². The van der Waals surface area contributed by atoms with Crippen molar-refractivity contribution in [3.63, 3.8) is 0 Å². The van der Waals surface area contributed by atoms with Crippen LogP contribution in [0.2, 0.25) is 0 Å². The number of nitrogens with zero attached hydrogens (tertiary/aromatic N) is 3. The maximum absolute atomic E-state index is 13.1. The molecule has 4 rings (SSSR count). The average molecular weight is 422 g/mol. The van der Waals surface area contributed by atoms with Crippen molar-refractivity contribution in [3.05, 3.63) is 59.4 Å². The maximum Gasteiger partial charge on any atom is 0.253 e. The molecule has 0 atom stereocenters. The molecule has 2 aliphatic rings. The van der Waals surface area contributed by atoms with E-state index in [0.717, 1.165) is 61.7 Å². The first kappa shape index (κ1) is 21.4. The number of carbonyl (C=O) groups is 1. The number of likely N-dealkylation sites (tertiary alicyclic amines) is 1. The second kappa shape index (κ2) is 9.96. The number of carbonyl (C=O) groups excluding carboxylic acids is 1. The van der Waals surface area contributed by atoms with Crippen molar-refractivity contribution in [2.45, 2.75) is 32.2 Å². The Morgan fingerprint density at radius 1 is 1.23 bits per heavy atom. The zero-order chi connectivity index (χ0) is 21.6. The first-order valence-corrected chi connectivity index (χ1v) is 11.1. The minimum atomic E-state index is 0.0550. The van der Waals surface area contributed by atoms with Gasteiger partial charge in [-0.3, -0.25) is 9.78 Å². The minimum Gasteiger partial charge on any atom is -0.490 e. The number of fused-ring (bicyclic) bond motifs is 1. The Kier molecular flexibility index (Phi) is 6.87. The zero-order valence-electron chi connectivity index (χ0n) is 18.4. The minimum absolute atomic E-state index is 0.0550. The molecule has 0 unspecified atom stereocenters. The summed E-state index contributed by atoms with van der Waals surface area (Å²) in [6.07, 6.45) is 6.74. The van der Waals surface area contributed by atoms with Crippen molar-refractivity contribution < 1.29 is 14.3 Å². The van der Waals surface area contributed by atoms with E-state index in [4.69, 9.17) is 9.47 Å². The van der Waals surface area contributed by atoms with Crippen molar-refractivity contribution >= 4 is 12.0 Å². The van der Waals surface area contributed by atoms with E-state index in [-0.39, 0.29) is 18.6 Å². The van der Waals surface area contributed by atoms with Gasteiger partial charge in [-0.25, -0.2) is 0 Å². The summed E-state index contributed by atoms with van der Waals surface area (Å²) in [5.41, 5.74) is 2.73. The van der Waals surface area contributed by atoms with Crippen LogP contribution in [0, 0.1) is 0 Å². The van der Waals surface area contributed by atoms with Crippen molar-refractivity contribution in [2.24, 2.45) is 0 Å². The Morgan fingerprint density at radius 2 is 2.06 bits per heavy atom. The van der Waals surface area contributed by atoms with Gasteiger partial charge in [-0.15, -0.1) is 0 Å². The van der Waals surface area contributed by atoms with Gasteiger partial charge in [0, 0.05) is 56.6 Å². The highest BCUT2D eigenvalue weighted by Crippen LogP contribution is 2.36. The number of likely N-dealkylation sites (N-methyl/N-ethyl adjacent to an activating group) is 1. The van der Waals surface area contributed by atoms with E-state index in [0.29, 0.717) is 12.2 Å². The maximum atomic E-state index is 13.1. The molecule has 1 saturated heterocycles. The van der Waals surface area contributed by atoms with Crippen LogP contribution in [0.15, 0.2) is 48.2 Å². The third-order valence-electron chi connectivity index (χ3n) is 6.12. The molecule has 31 heavy (non-hydrogen) atoms. The number of benzene rings is 1. The Morgan fingerprint density at radius 3 is 2.81 bits per heavy atom. The van der Waals surface area contributed by atoms with Gasteiger partial charge in [0.1, 0.15) is 6.61 Å². The molecule has 2 aromatic rings. The smallest absolute Gasteiger partial charge is 0.253 e. The first-order chi connectivity index (χ1) is 15.2. The molecule has 0 bridgehead atoms. The number of hydrogen-bond acceptors (Lipinski definition) is 5. The zero-order valence-corrected chi connectivity index (χ0v) is 18.4. The van der Waals surface area contributed by atoms with Gasteiger partial charge in [0.15, 0.2) is 11.5 Å². The summed E-state index contributed by atoms with van der Waals surface area (Å²) in [4.78, 5) is 21.9. The SMILES string of the molecule is CCOc1cccc2c1OCC(C(=O)N(C)C1CCN(CCc3ccccn3)CC1)=C2. The van der Waals surface area contributed by atoms with Crippen LogP contribution in [-0.4, -0.2) is 66.6 Å². The summed E-state index contributed by atoms with van der Waals surface area (Å²) in [5.74, 6) is 1.51. The van der Waals surface area contributed by atoms with Crippen LogP contribution in [0.1, 0.15) is 31.0 Å². The molecule has 1 aromatic heterocycles. The Labute approximate surface area is 184 Å². The van der Waals surface area contributed by atoms with E-state index in [1.165, 1.54) is 0 Å². The van der Waals surface area contributed by atoms with Gasteiger partial charge in [0.05, 0.1) is 12.2 Å². The predicted molar refractivity (Wildman–Crippen MR) is 121 cm³/mol. The van der Waals surface area contributed by atoms with Gasteiger partial charge < -0.3 is 19.3 Å². The predicted octanol–water partition coefficient (Wildman–Crippen LogP) is 3.42. The van der Waals surface area contributed by atoms with Crippen molar-refractivity contribution in [2.75, 3.05) is 39.9 Å². The second-order valence-electron chi connectivity index (χ2n) is 8.13. The summed E-state index contributed by atoms with van der Waals surface area (Å²) >= 11 is 0. The lowest BCUT2D eigenvalue weighted by molar-refractivity contribution is -0.129. The van der Waals surface area contributed by atoms with Gasteiger partial charge in [-0.1, -0.05) is 18.2 Å². The van der Waals surface area contributed by atoms with Crippen LogP contribution in [-0.2, 0) is 11.2 Å². The van der Waals surface area contributed by atoms with Crippen LogP contribution in [0.4, 0.5) is 0 Å².